The third-order valence-corrected chi connectivity index (χ3v) is 4.73. The Bertz CT molecular complexity index is 1220. The molecule has 0 radical (unpaired) electrons. The van der Waals surface area contributed by atoms with Crippen LogP contribution in [0.15, 0.2) is 53.3 Å². The first-order valence-corrected chi connectivity index (χ1v) is 9.85. The highest BCUT2D eigenvalue weighted by Crippen LogP contribution is 2.31. The van der Waals surface area contributed by atoms with Gasteiger partial charge >= 0.3 is 5.97 Å². The lowest BCUT2D eigenvalue weighted by atomic mass is 10.2. The number of ether oxygens (including phenoxy) is 3. The van der Waals surface area contributed by atoms with Crippen molar-refractivity contribution in [1.29, 1.82) is 0 Å². The highest BCUT2D eigenvalue weighted by atomic mass is 16.6. The van der Waals surface area contributed by atoms with Crippen molar-refractivity contribution in [2.75, 3.05) is 14.2 Å². The lowest BCUT2D eigenvalue weighted by molar-refractivity contribution is 0.0428. The van der Waals surface area contributed by atoms with E-state index in [4.69, 9.17) is 18.7 Å². The maximum absolute atomic E-state index is 12.7. The molecule has 0 aliphatic carbocycles. The number of esters is 1. The average molecular weight is 435 g/mol. The summed E-state index contributed by atoms with van der Waals surface area (Å²) in [6.07, 6.45) is 3.71. The van der Waals surface area contributed by atoms with E-state index in [0.717, 1.165) is 0 Å². The van der Waals surface area contributed by atoms with Gasteiger partial charge in [0.2, 0.25) is 5.82 Å². The van der Waals surface area contributed by atoms with Crippen molar-refractivity contribution in [2.24, 2.45) is 0 Å². The van der Waals surface area contributed by atoms with Gasteiger partial charge in [-0.2, -0.15) is 10.1 Å². The molecular formula is C22H21N5O5. The topological polar surface area (TPSA) is 114 Å². The molecule has 4 rings (SSSR count). The van der Waals surface area contributed by atoms with E-state index in [-0.39, 0.29) is 12.5 Å². The van der Waals surface area contributed by atoms with E-state index in [1.54, 1.807) is 36.2 Å². The SMILES string of the molecule is CCc1c(C(=O)OCc2nc(-c3ccc(OC)cc3OC)no2)cnn1-c1ccccn1. The van der Waals surface area contributed by atoms with Crippen molar-refractivity contribution in [3.8, 4) is 28.7 Å². The molecule has 0 spiro atoms. The van der Waals surface area contributed by atoms with Crippen LogP contribution in [-0.4, -0.2) is 45.1 Å². The molecule has 0 unspecified atom stereocenters. The zero-order valence-corrected chi connectivity index (χ0v) is 17.8. The fourth-order valence-corrected chi connectivity index (χ4v) is 3.17. The summed E-state index contributed by atoms with van der Waals surface area (Å²) in [7, 11) is 3.11. The van der Waals surface area contributed by atoms with E-state index in [0.29, 0.717) is 46.4 Å². The minimum Gasteiger partial charge on any atom is -0.497 e. The van der Waals surface area contributed by atoms with Gasteiger partial charge in [0.25, 0.3) is 5.89 Å². The molecule has 0 bridgehead atoms. The summed E-state index contributed by atoms with van der Waals surface area (Å²) in [4.78, 5) is 21.2. The quantitative estimate of drug-likeness (QED) is 0.385. The van der Waals surface area contributed by atoms with E-state index >= 15 is 0 Å². The molecular weight excluding hydrogens is 414 g/mol. The Morgan fingerprint density at radius 2 is 2.03 bits per heavy atom. The van der Waals surface area contributed by atoms with E-state index in [2.05, 4.69) is 20.2 Å². The van der Waals surface area contributed by atoms with Gasteiger partial charge in [-0.3, -0.25) is 0 Å². The van der Waals surface area contributed by atoms with Gasteiger partial charge in [-0.25, -0.2) is 14.5 Å². The molecule has 3 heterocycles. The Labute approximate surface area is 183 Å². The first kappa shape index (κ1) is 21.0. The van der Waals surface area contributed by atoms with Gasteiger partial charge in [0, 0.05) is 12.3 Å². The van der Waals surface area contributed by atoms with Gasteiger partial charge in [-0.05, 0) is 30.7 Å². The molecule has 0 aliphatic heterocycles. The van der Waals surface area contributed by atoms with Crippen LogP contribution in [0.5, 0.6) is 11.5 Å². The minimum absolute atomic E-state index is 0.154. The van der Waals surface area contributed by atoms with Gasteiger partial charge in [0.15, 0.2) is 12.4 Å². The number of benzene rings is 1. The molecule has 10 heteroatoms. The highest BCUT2D eigenvalue weighted by Gasteiger charge is 2.21. The van der Waals surface area contributed by atoms with Crippen LogP contribution in [0.25, 0.3) is 17.2 Å². The first-order chi connectivity index (χ1) is 15.6. The summed E-state index contributed by atoms with van der Waals surface area (Å²) in [5.74, 6) is 1.72. The predicted molar refractivity (Wildman–Crippen MR) is 113 cm³/mol. The monoisotopic (exact) mass is 435 g/mol. The summed E-state index contributed by atoms with van der Waals surface area (Å²) < 4.78 is 22.8. The molecule has 164 valence electrons. The van der Waals surface area contributed by atoms with Crippen molar-refractivity contribution < 1.29 is 23.5 Å². The summed E-state index contributed by atoms with van der Waals surface area (Å²) in [5, 5.41) is 8.24. The fraction of sp³-hybridized carbons (Fsp3) is 0.227. The van der Waals surface area contributed by atoms with Crippen LogP contribution in [0.4, 0.5) is 0 Å². The molecule has 4 aromatic rings. The number of carbonyl (C=O) groups is 1. The maximum atomic E-state index is 12.7. The number of aromatic nitrogens is 5. The number of carbonyl (C=O) groups excluding carboxylic acids is 1. The lowest BCUT2D eigenvalue weighted by Gasteiger charge is -2.07. The van der Waals surface area contributed by atoms with Crippen LogP contribution in [0.2, 0.25) is 0 Å². The summed E-state index contributed by atoms with van der Waals surface area (Å²) in [5.41, 5.74) is 1.68. The standard InChI is InChI=1S/C22H21N5O5/c1-4-17-16(12-24-27(17)19-7-5-6-10-23-19)22(28)31-13-20-25-21(26-32-20)15-9-8-14(29-2)11-18(15)30-3/h5-12H,4,13H2,1-3H3. The Hall–Kier alpha value is -4.21. The molecule has 0 amide bonds. The van der Waals surface area contributed by atoms with Crippen LogP contribution < -0.4 is 9.47 Å². The Morgan fingerprint density at radius 3 is 2.75 bits per heavy atom. The van der Waals surface area contributed by atoms with Crippen molar-refractivity contribution in [2.45, 2.75) is 20.0 Å². The zero-order valence-electron chi connectivity index (χ0n) is 17.8. The maximum Gasteiger partial charge on any atom is 0.342 e. The van der Waals surface area contributed by atoms with Gasteiger partial charge in [-0.1, -0.05) is 18.1 Å². The molecule has 0 aliphatic rings. The largest absolute Gasteiger partial charge is 0.497 e. The van der Waals surface area contributed by atoms with Crippen molar-refractivity contribution in [1.82, 2.24) is 24.9 Å². The van der Waals surface area contributed by atoms with Crippen LogP contribution in [0.1, 0.15) is 28.9 Å². The van der Waals surface area contributed by atoms with Crippen molar-refractivity contribution >= 4 is 5.97 Å². The second-order valence-electron chi connectivity index (χ2n) is 6.61. The number of rotatable bonds is 8. The molecule has 1 aromatic carbocycles. The molecule has 0 fully saturated rings. The molecule has 10 nitrogen and oxygen atoms in total. The number of hydrogen-bond acceptors (Lipinski definition) is 9. The number of hydrogen-bond donors (Lipinski definition) is 0. The highest BCUT2D eigenvalue weighted by molar-refractivity contribution is 5.90. The number of nitrogens with zero attached hydrogens (tertiary/aromatic N) is 5. The van der Waals surface area contributed by atoms with Crippen molar-refractivity contribution in [3.05, 3.63) is 65.9 Å². The second kappa shape index (κ2) is 9.29. The smallest absolute Gasteiger partial charge is 0.342 e. The van der Waals surface area contributed by atoms with Crippen molar-refractivity contribution in [3.63, 3.8) is 0 Å². The average Bonchev–Trinajstić information content (AvgIpc) is 3.49. The molecule has 0 saturated heterocycles. The van der Waals surface area contributed by atoms with Crippen LogP contribution >= 0.6 is 0 Å². The lowest BCUT2D eigenvalue weighted by Crippen LogP contribution is -2.10. The fourth-order valence-electron chi connectivity index (χ4n) is 3.17. The third-order valence-electron chi connectivity index (χ3n) is 4.73. The van der Waals surface area contributed by atoms with Crippen LogP contribution in [0, 0.1) is 0 Å². The molecule has 32 heavy (non-hydrogen) atoms. The first-order valence-electron chi connectivity index (χ1n) is 9.85. The molecule has 0 N–H and O–H groups in total. The predicted octanol–water partition coefficient (Wildman–Crippen LogP) is 3.25. The second-order valence-corrected chi connectivity index (χ2v) is 6.61. The van der Waals surface area contributed by atoms with E-state index < -0.39 is 5.97 Å². The van der Waals surface area contributed by atoms with Crippen LogP contribution in [-0.2, 0) is 17.8 Å². The third kappa shape index (κ3) is 4.15. The van der Waals surface area contributed by atoms with E-state index in [1.165, 1.54) is 13.3 Å². The van der Waals surface area contributed by atoms with Crippen LogP contribution in [0.3, 0.4) is 0 Å². The van der Waals surface area contributed by atoms with Gasteiger partial charge < -0.3 is 18.7 Å². The zero-order chi connectivity index (χ0) is 22.5. The Morgan fingerprint density at radius 1 is 1.16 bits per heavy atom. The molecule has 0 atom stereocenters. The summed E-state index contributed by atoms with van der Waals surface area (Å²) in [6, 6.07) is 10.7. The van der Waals surface area contributed by atoms with Gasteiger partial charge in [0.1, 0.15) is 17.1 Å². The number of methoxy groups -OCH3 is 2. The van der Waals surface area contributed by atoms with Gasteiger partial charge in [0.05, 0.1) is 31.7 Å². The Kier molecular flexibility index (Phi) is 6.11. The van der Waals surface area contributed by atoms with E-state index in [1.807, 2.05) is 25.1 Å². The molecule has 3 aromatic heterocycles. The number of pyridine rings is 1. The summed E-state index contributed by atoms with van der Waals surface area (Å²) >= 11 is 0. The molecule has 0 saturated carbocycles. The normalized spacial score (nSPS) is 10.7. The summed E-state index contributed by atoms with van der Waals surface area (Å²) in [6.45, 7) is 1.75. The van der Waals surface area contributed by atoms with E-state index in [9.17, 15) is 4.79 Å². The Balaban J connectivity index is 1.48. The van der Waals surface area contributed by atoms with Gasteiger partial charge in [-0.15, -0.1) is 0 Å². The minimum atomic E-state index is -0.536.